The van der Waals surface area contributed by atoms with Crippen LogP contribution in [0.1, 0.15) is 20.1 Å². The molecular formula is C20H15N3O8S2. The Morgan fingerprint density at radius 2 is 1.70 bits per heavy atom. The van der Waals surface area contributed by atoms with Crippen molar-refractivity contribution >= 4 is 50.6 Å². The summed E-state index contributed by atoms with van der Waals surface area (Å²) in [5, 5.41) is 23.9. The number of benzene rings is 1. The van der Waals surface area contributed by atoms with Crippen LogP contribution in [0.3, 0.4) is 0 Å². The lowest BCUT2D eigenvalue weighted by atomic mass is 10.2. The van der Waals surface area contributed by atoms with Crippen molar-refractivity contribution in [1.82, 2.24) is 5.32 Å². The molecule has 1 N–H and O–H groups in total. The molecule has 170 valence electrons. The minimum atomic E-state index is -0.758. The Hall–Kier alpha value is -4.10. The lowest BCUT2D eigenvalue weighted by molar-refractivity contribution is -0.380. The average Bonchev–Trinajstić information content (AvgIpc) is 3.47. The Morgan fingerprint density at radius 1 is 1.00 bits per heavy atom. The van der Waals surface area contributed by atoms with Crippen LogP contribution in [0.15, 0.2) is 48.5 Å². The van der Waals surface area contributed by atoms with Crippen LogP contribution in [0, 0.1) is 20.2 Å². The van der Waals surface area contributed by atoms with Crippen molar-refractivity contribution in [3.63, 3.8) is 0 Å². The van der Waals surface area contributed by atoms with E-state index in [1.807, 2.05) is 0 Å². The van der Waals surface area contributed by atoms with Gasteiger partial charge in [0.15, 0.2) is 11.5 Å². The topological polar surface area (TPSA) is 151 Å². The number of carbonyl (C=O) groups excluding carboxylic acids is 2. The molecule has 0 spiro atoms. The van der Waals surface area contributed by atoms with Crippen LogP contribution in [0.5, 0.6) is 11.5 Å². The van der Waals surface area contributed by atoms with E-state index in [0.717, 1.165) is 11.3 Å². The van der Waals surface area contributed by atoms with E-state index in [1.54, 1.807) is 18.2 Å². The van der Waals surface area contributed by atoms with E-state index in [4.69, 9.17) is 9.47 Å². The maximum Gasteiger partial charge on any atom is 0.354 e. The smallest absolute Gasteiger partial charge is 0.354 e. The molecule has 0 radical (unpaired) electrons. The summed E-state index contributed by atoms with van der Waals surface area (Å²) in [6, 6.07) is 10.1. The molecule has 0 saturated heterocycles. The summed E-state index contributed by atoms with van der Waals surface area (Å²) in [5.74, 6) is -0.804. The fourth-order valence-corrected chi connectivity index (χ4v) is 3.95. The lowest BCUT2D eigenvalue weighted by Gasteiger charge is -2.11. The number of rotatable bonds is 9. The number of amides is 1. The van der Waals surface area contributed by atoms with Crippen LogP contribution in [0.2, 0.25) is 0 Å². The maximum atomic E-state index is 12.3. The fourth-order valence-electron chi connectivity index (χ4n) is 2.53. The number of hydrogen-bond donors (Lipinski definition) is 1. The van der Waals surface area contributed by atoms with Gasteiger partial charge in [-0.2, -0.15) is 0 Å². The molecule has 1 aromatic carbocycles. The molecule has 3 rings (SSSR count). The van der Waals surface area contributed by atoms with Gasteiger partial charge in [0.05, 0.1) is 17.0 Å². The first-order valence-corrected chi connectivity index (χ1v) is 10.7. The van der Waals surface area contributed by atoms with E-state index < -0.39 is 21.7 Å². The molecule has 1 amide bonds. The summed E-state index contributed by atoms with van der Waals surface area (Å²) < 4.78 is 10.5. The van der Waals surface area contributed by atoms with Gasteiger partial charge in [-0.1, -0.05) is 28.7 Å². The summed E-state index contributed by atoms with van der Waals surface area (Å²) in [7, 11) is 1.38. The van der Waals surface area contributed by atoms with Crippen LogP contribution in [0.25, 0.3) is 6.08 Å². The number of ether oxygens (including phenoxy) is 2. The number of hydrogen-bond acceptors (Lipinski definition) is 10. The summed E-state index contributed by atoms with van der Waals surface area (Å²) in [6.07, 6.45) is 2.74. The van der Waals surface area contributed by atoms with Gasteiger partial charge in [0.2, 0.25) is 5.91 Å². The van der Waals surface area contributed by atoms with Gasteiger partial charge in [-0.3, -0.25) is 25.0 Å². The Kier molecular flexibility index (Phi) is 7.48. The second kappa shape index (κ2) is 10.5. The van der Waals surface area contributed by atoms with Crippen molar-refractivity contribution in [2.45, 2.75) is 6.54 Å². The molecule has 0 bridgehead atoms. The highest BCUT2D eigenvalue weighted by molar-refractivity contribution is 7.17. The number of carbonyl (C=O) groups is 2. The van der Waals surface area contributed by atoms with Crippen molar-refractivity contribution in [2.24, 2.45) is 0 Å². The maximum absolute atomic E-state index is 12.3. The summed E-state index contributed by atoms with van der Waals surface area (Å²) in [5.41, 5.74) is 0.659. The predicted molar refractivity (Wildman–Crippen MR) is 121 cm³/mol. The first-order chi connectivity index (χ1) is 15.8. The molecular weight excluding hydrogens is 474 g/mol. The monoisotopic (exact) mass is 489 g/mol. The Morgan fingerprint density at radius 3 is 2.33 bits per heavy atom. The van der Waals surface area contributed by atoms with Crippen molar-refractivity contribution in [1.29, 1.82) is 0 Å². The Balaban J connectivity index is 1.59. The molecule has 13 heteroatoms. The van der Waals surface area contributed by atoms with Crippen LogP contribution < -0.4 is 14.8 Å². The minimum Gasteiger partial charge on any atom is -0.493 e. The number of nitrogens with one attached hydrogen (secondary N) is 1. The number of thiophene rings is 2. The van der Waals surface area contributed by atoms with Crippen molar-refractivity contribution < 1.29 is 28.9 Å². The van der Waals surface area contributed by atoms with E-state index in [0.29, 0.717) is 21.8 Å². The van der Waals surface area contributed by atoms with Gasteiger partial charge in [-0.05, 0) is 35.9 Å². The minimum absolute atomic E-state index is 0.0137. The quantitative estimate of drug-likeness (QED) is 0.154. The fraction of sp³-hybridized carbons (Fsp3) is 0.100. The van der Waals surface area contributed by atoms with Crippen LogP contribution in [-0.4, -0.2) is 28.8 Å². The van der Waals surface area contributed by atoms with Gasteiger partial charge in [-0.15, -0.1) is 0 Å². The van der Waals surface area contributed by atoms with Gasteiger partial charge < -0.3 is 14.8 Å². The molecule has 33 heavy (non-hydrogen) atoms. The molecule has 0 aliphatic rings. The molecule has 0 atom stereocenters. The molecule has 0 saturated carbocycles. The number of nitrogens with zero attached hydrogens (tertiary/aromatic N) is 2. The van der Waals surface area contributed by atoms with Gasteiger partial charge in [0.1, 0.15) is 4.88 Å². The molecule has 2 aromatic heterocycles. The second-order valence-electron chi connectivity index (χ2n) is 6.25. The highest BCUT2D eigenvalue weighted by atomic mass is 32.1. The predicted octanol–water partition coefficient (Wildman–Crippen LogP) is 4.18. The average molecular weight is 489 g/mol. The highest BCUT2D eigenvalue weighted by Crippen LogP contribution is 2.31. The third kappa shape index (κ3) is 6.21. The third-order valence-electron chi connectivity index (χ3n) is 4.06. The van der Waals surface area contributed by atoms with Crippen LogP contribution >= 0.6 is 22.7 Å². The van der Waals surface area contributed by atoms with Crippen molar-refractivity contribution in [2.75, 3.05) is 7.11 Å². The second-order valence-corrected chi connectivity index (χ2v) is 8.41. The first kappa shape index (κ1) is 23.6. The van der Waals surface area contributed by atoms with E-state index in [1.165, 1.54) is 43.5 Å². The normalized spacial score (nSPS) is 10.7. The van der Waals surface area contributed by atoms with Gasteiger partial charge >= 0.3 is 16.0 Å². The highest BCUT2D eigenvalue weighted by Gasteiger charge is 2.19. The number of esters is 1. The summed E-state index contributed by atoms with van der Waals surface area (Å²) in [4.78, 5) is 45.3. The molecule has 0 fully saturated rings. The number of nitro groups is 2. The van der Waals surface area contributed by atoms with Gasteiger partial charge in [0.25, 0.3) is 0 Å². The standard InChI is InChI=1S/C20H15N3O8S2/c1-30-15-10-12(11-21-17(24)7-3-13-4-8-18(32-13)22(26)27)2-5-14(15)31-20(25)16-6-9-19(33-16)23(28)29/h2-10H,11H2,1H3,(H,21,24)/b7-3+. The molecule has 0 aliphatic heterocycles. The SMILES string of the molecule is COc1cc(CNC(=O)/C=C/c2ccc([N+](=O)[O-])s2)ccc1OC(=O)c1ccc([N+](=O)[O-])s1. The largest absolute Gasteiger partial charge is 0.493 e. The number of methoxy groups -OCH3 is 1. The first-order valence-electron chi connectivity index (χ1n) is 9.10. The molecule has 2 heterocycles. The Bertz CT molecular complexity index is 1250. The van der Waals surface area contributed by atoms with E-state index >= 15 is 0 Å². The zero-order valence-electron chi connectivity index (χ0n) is 16.9. The van der Waals surface area contributed by atoms with E-state index in [9.17, 15) is 29.8 Å². The summed E-state index contributed by atoms with van der Waals surface area (Å²) >= 11 is 1.65. The zero-order valence-corrected chi connectivity index (χ0v) is 18.5. The van der Waals surface area contributed by atoms with Gasteiger partial charge in [-0.25, -0.2) is 4.79 Å². The van der Waals surface area contributed by atoms with E-state index in [-0.39, 0.29) is 32.9 Å². The molecule has 11 nitrogen and oxygen atoms in total. The van der Waals surface area contributed by atoms with Crippen LogP contribution in [-0.2, 0) is 11.3 Å². The van der Waals surface area contributed by atoms with Crippen molar-refractivity contribution in [3.05, 3.63) is 84.1 Å². The zero-order chi connectivity index (χ0) is 24.0. The third-order valence-corrected chi connectivity index (χ3v) is 6.08. The van der Waals surface area contributed by atoms with Crippen LogP contribution in [0.4, 0.5) is 10.0 Å². The Labute approximate surface area is 194 Å². The van der Waals surface area contributed by atoms with Crippen molar-refractivity contribution in [3.8, 4) is 11.5 Å². The summed E-state index contributed by atoms with van der Waals surface area (Å²) in [6.45, 7) is 0.148. The lowest BCUT2D eigenvalue weighted by Crippen LogP contribution is -2.20. The van der Waals surface area contributed by atoms with E-state index in [2.05, 4.69) is 5.32 Å². The molecule has 0 unspecified atom stereocenters. The van der Waals surface area contributed by atoms with Gasteiger partial charge in [0, 0.05) is 29.6 Å². The molecule has 0 aliphatic carbocycles. The molecule has 3 aromatic rings.